The van der Waals surface area contributed by atoms with E-state index in [2.05, 4.69) is 9.47 Å². The standard InChI is InChI=1S/C16H15F2NO5/c1-2-3-4-5-14(21)23-10-13(20)19-15(22)11-6-8-12(9-7-11)24-16(17)18/h2-9,16H,10H2,1H3,(H,19,20,22)/b3-2+,5-4+. The number of hydrogen-bond donors (Lipinski definition) is 1. The monoisotopic (exact) mass is 339 g/mol. The van der Waals surface area contributed by atoms with Crippen molar-refractivity contribution >= 4 is 17.8 Å². The van der Waals surface area contributed by atoms with Crippen molar-refractivity contribution in [3.05, 3.63) is 54.1 Å². The normalized spacial score (nSPS) is 11.0. The summed E-state index contributed by atoms with van der Waals surface area (Å²) in [5.41, 5.74) is 0.0595. The summed E-state index contributed by atoms with van der Waals surface area (Å²) in [6, 6.07) is 4.76. The summed E-state index contributed by atoms with van der Waals surface area (Å²) in [7, 11) is 0. The Morgan fingerprint density at radius 3 is 2.42 bits per heavy atom. The summed E-state index contributed by atoms with van der Waals surface area (Å²) in [6.45, 7) is -1.83. The molecule has 0 atom stereocenters. The maximum atomic E-state index is 12.0. The van der Waals surface area contributed by atoms with E-state index in [1.807, 2.05) is 5.32 Å². The lowest BCUT2D eigenvalue weighted by Gasteiger charge is -2.06. The molecule has 0 aliphatic carbocycles. The largest absolute Gasteiger partial charge is 0.452 e. The zero-order valence-electron chi connectivity index (χ0n) is 12.7. The van der Waals surface area contributed by atoms with Gasteiger partial charge in [0.15, 0.2) is 6.61 Å². The molecule has 1 aromatic rings. The molecule has 0 saturated carbocycles. The van der Waals surface area contributed by atoms with Crippen LogP contribution in [0.2, 0.25) is 0 Å². The van der Waals surface area contributed by atoms with Gasteiger partial charge in [0.05, 0.1) is 0 Å². The lowest BCUT2D eigenvalue weighted by atomic mass is 10.2. The third-order valence-corrected chi connectivity index (χ3v) is 2.48. The van der Waals surface area contributed by atoms with E-state index in [9.17, 15) is 23.2 Å². The van der Waals surface area contributed by atoms with Gasteiger partial charge >= 0.3 is 12.6 Å². The van der Waals surface area contributed by atoms with Crippen LogP contribution in [0.4, 0.5) is 8.78 Å². The summed E-state index contributed by atoms with van der Waals surface area (Å²) in [4.78, 5) is 34.5. The first-order chi connectivity index (χ1) is 11.4. The molecule has 0 aromatic heterocycles. The number of ether oxygens (including phenoxy) is 2. The predicted octanol–water partition coefficient (Wildman–Crippen LogP) is 2.22. The zero-order chi connectivity index (χ0) is 17.9. The molecule has 0 saturated heterocycles. The highest BCUT2D eigenvalue weighted by Crippen LogP contribution is 2.14. The van der Waals surface area contributed by atoms with E-state index in [1.165, 1.54) is 18.2 Å². The maximum Gasteiger partial charge on any atom is 0.387 e. The number of carbonyl (C=O) groups excluding carboxylic acids is 3. The molecule has 1 aromatic carbocycles. The van der Waals surface area contributed by atoms with E-state index in [1.54, 1.807) is 19.1 Å². The number of nitrogens with one attached hydrogen (secondary N) is 1. The van der Waals surface area contributed by atoms with Crippen LogP contribution >= 0.6 is 0 Å². The fourth-order valence-corrected chi connectivity index (χ4v) is 1.45. The Hall–Kier alpha value is -3.03. The zero-order valence-corrected chi connectivity index (χ0v) is 12.7. The van der Waals surface area contributed by atoms with E-state index in [0.717, 1.165) is 18.2 Å². The summed E-state index contributed by atoms with van der Waals surface area (Å²) >= 11 is 0. The second kappa shape index (κ2) is 9.88. The molecule has 0 spiro atoms. The molecule has 24 heavy (non-hydrogen) atoms. The van der Waals surface area contributed by atoms with Crippen LogP contribution in [-0.2, 0) is 14.3 Å². The highest BCUT2D eigenvalue weighted by Gasteiger charge is 2.12. The van der Waals surface area contributed by atoms with Crippen LogP contribution in [0, 0.1) is 0 Å². The van der Waals surface area contributed by atoms with Crippen molar-refractivity contribution in [2.24, 2.45) is 0 Å². The molecule has 0 heterocycles. The SMILES string of the molecule is C/C=C/C=C/C(=O)OCC(=O)NC(=O)c1ccc(OC(F)F)cc1. The van der Waals surface area contributed by atoms with Crippen molar-refractivity contribution in [3.63, 3.8) is 0 Å². The summed E-state index contributed by atoms with van der Waals surface area (Å²) < 4.78 is 32.8. The Balaban J connectivity index is 2.46. The van der Waals surface area contributed by atoms with Crippen molar-refractivity contribution < 1.29 is 32.6 Å². The number of imide groups is 1. The van der Waals surface area contributed by atoms with Gasteiger partial charge in [-0.3, -0.25) is 14.9 Å². The quantitative estimate of drug-likeness (QED) is 0.468. The number of esters is 1. The van der Waals surface area contributed by atoms with Gasteiger partial charge < -0.3 is 9.47 Å². The number of rotatable bonds is 7. The minimum atomic E-state index is -2.97. The van der Waals surface area contributed by atoms with Gasteiger partial charge in [-0.2, -0.15) is 8.78 Å². The summed E-state index contributed by atoms with van der Waals surface area (Å²) in [5.74, 6) is -2.43. The van der Waals surface area contributed by atoms with Gasteiger partial charge in [-0.05, 0) is 31.2 Å². The van der Waals surface area contributed by atoms with Crippen molar-refractivity contribution in [2.75, 3.05) is 6.61 Å². The van der Waals surface area contributed by atoms with Gasteiger partial charge in [0.1, 0.15) is 5.75 Å². The highest BCUT2D eigenvalue weighted by atomic mass is 19.3. The van der Waals surface area contributed by atoms with E-state index in [4.69, 9.17) is 0 Å². The molecule has 0 unspecified atom stereocenters. The number of halogens is 2. The Bertz CT molecular complexity index is 638. The van der Waals surface area contributed by atoms with Gasteiger partial charge in [0.25, 0.3) is 11.8 Å². The van der Waals surface area contributed by atoms with E-state index in [-0.39, 0.29) is 11.3 Å². The molecule has 1 N–H and O–H groups in total. The van der Waals surface area contributed by atoms with Crippen molar-refractivity contribution in [2.45, 2.75) is 13.5 Å². The average molecular weight is 339 g/mol. The second-order valence-corrected chi connectivity index (χ2v) is 4.27. The lowest BCUT2D eigenvalue weighted by Crippen LogP contribution is -2.34. The molecule has 0 aliphatic heterocycles. The second-order valence-electron chi connectivity index (χ2n) is 4.27. The maximum absolute atomic E-state index is 12.0. The molecule has 0 bridgehead atoms. The van der Waals surface area contributed by atoms with Gasteiger partial charge in [0, 0.05) is 11.6 Å². The Kier molecular flexibility index (Phi) is 7.83. The summed E-state index contributed by atoms with van der Waals surface area (Å²) in [6.07, 6.45) is 5.87. The Labute approximate surface area is 136 Å². The number of carbonyl (C=O) groups is 3. The van der Waals surface area contributed by atoms with Crippen molar-refractivity contribution in [1.82, 2.24) is 5.32 Å². The molecule has 8 heteroatoms. The van der Waals surface area contributed by atoms with Gasteiger partial charge in [-0.25, -0.2) is 4.79 Å². The predicted molar refractivity (Wildman–Crippen MR) is 80.5 cm³/mol. The van der Waals surface area contributed by atoms with Gasteiger partial charge in [0.2, 0.25) is 0 Å². The van der Waals surface area contributed by atoms with Crippen LogP contribution in [0.5, 0.6) is 5.75 Å². The van der Waals surface area contributed by atoms with Crippen LogP contribution in [0.1, 0.15) is 17.3 Å². The molecule has 6 nitrogen and oxygen atoms in total. The molecule has 0 fully saturated rings. The molecule has 2 amide bonds. The van der Waals surface area contributed by atoms with Crippen LogP contribution < -0.4 is 10.1 Å². The Morgan fingerprint density at radius 1 is 1.17 bits per heavy atom. The van der Waals surface area contributed by atoms with E-state index in [0.29, 0.717) is 0 Å². The first-order valence-corrected chi connectivity index (χ1v) is 6.77. The lowest BCUT2D eigenvalue weighted by molar-refractivity contribution is -0.143. The van der Waals surface area contributed by atoms with Crippen molar-refractivity contribution in [3.8, 4) is 5.75 Å². The third-order valence-electron chi connectivity index (χ3n) is 2.48. The number of allylic oxidation sites excluding steroid dienone is 3. The minimum absolute atomic E-state index is 0.0595. The third kappa shape index (κ3) is 7.30. The molecule has 0 aliphatic rings. The first kappa shape index (κ1) is 19.0. The molecule has 1 rings (SSSR count). The van der Waals surface area contributed by atoms with Crippen molar-refractivity contribution in [1.29, 1.82) is 0 Å². The fraction of sp³-hybridized carbons (Fsp3) is 0.188. The van der Waals surface area contributed by atoms with E-state index >= 15 is 0 Å². The molecule has 0 radical (unpaired) electrons. The number of benzene rings is 1. The van der Waals surface area contributed by atoms with Gasteiger partial charge in [-0.1, -0.05) is 18.2 Å². The molecule has 128 valence electrons. The Morgan fingerprint density at radius 2 is 1.83 bits per heavy atom. The van der Waals surface area contributed by atoms with Crippen LogP contribution in [0.3, 0.4) is 0 Å². The topological polar surface area (TPSA) is 81.7 Å². The highest BCUT2D eigenvalue weighted by molar-refractivity contribution is 6.05. The number of alkyl halides is 2. The van der Waals surface area contributed by atoms with E-state index < -0.39 is 31.0 Å². The smallest absolute Gasteiger partial charge is 0.387 e. The number of amides is 2. The number of hydrogen-bond acceptors (Lipinski definition) is 5. The first-order valence-electron chi connectivity index (χ1n) is 6.77. The fourth-order valence-electron chi connectivity index (χ4n) is 1.45. The van der Waals surface area contributed by atoms with Gasteiger partial charge in [-0.15, -0.1) is 0 Å². The van der Waals surface area contributed by atoms with Crippen LogP contribution in [-0.4, -0.2) is 31.0 Å². The summed E-state index contributed by atoms with van der Waals surface area (Å²) in [5, 5.41) is 2.00. The molecular formula is C16H15F2NO5. The van der Waals surface area contributed by atoms with Crippen LogP contribution in [0.15, 0.2) is 48.6 Å². The minimum Gasteiger partial charge on any atom is -0.452 e. The van der Waals surface area contributed by atoms with Crippen LogP contribution in [0.25, 0.3) is 0 Å². The molecular weight excluding hydrogens is 324 g/mol. The average Bonchev–Trinajstić information content (AvgIpc) is 2.53.